The third kappa shape index (κ3) is 4.11. The van der Waals surface area contributed by atoms with Crippen LogP contribution in [-0.4, -0.2) is 30.8 Å². The van der Waals surface area contributed by atoms with Crippen molar-refractivity contribution in [2.75, 3.05) is 23.0 Å². The van der Waals surface area contributed by atoms with E-state index in [0.29, 0.717) is 12.2 Å². The van der Waals surface area contributed by atoms with Gasteiger partial charge in [-0.25, -0.2) is 9.18 Å². The molecule has 1 aliphatic rings. The Hall–Kier alpha value is -2.54. The number of amides is 3. The van der Waals surface area contributed by atoms with Gasteiger partial charge >= 0.3 is 6.03 Å². The summed E-state index contributed by atoms with van der Waals surface area (Å²) in [7, 11) is 0. The van der Waals surface area contributed by atoms with Crippen LogP contribution in [0.2, 0.25) is 0 Å². The van der Waals surface area contributed by atoms with Crippen molar-refractivity contribution in [3.05, 3.63) is 54.3 Å². The molecule has 2 aromatic rings. The molecule has 3 rings (SSSR count). The van der Waals surface area contributed by atoms with Crippen LogP contribution < -0.4 is 15.5 Å². The van der Waals surface area contributed by atoms with Gasteiger partial charge in [-0.3, -0.25) is 4.79 Å². The molecule has 1 saturated heterocycles. The molecule has 2 aromatic carbocycles. The van der Waals surface area contributed by atoms with Crippen LogP contribution in [0.5, 0.6) is 0 Å². The normalized spacial score (nSPS) is 16.8. The van der Waals surface area contributed by atoms with Gasteiger partial charge in [0.25, 0.3) is 0 Å². The fourth-order valence-corrected chi connectivity index (χ4v) is 3.32. The third-order valence-electron chi connectivity index (χ3n) is 3.95. The zero-order chi connectivity index (χ0) is 17.8. The van der Waals surface area contributed by atoms with Crippen molar-refractivity contribution in [2.45, 2.75) is 17.4 Å². The number of anilines is 2. The third-order valence-corrected chi connectivity index (χ3v) is 4.75. The van der Waals surface area contributed by atoms with Crippen molar-refractivity contribution in [1.82, 2.24) is 5.32 Å². The molecule has 3 amide bonds. The van der Waals surface area contributed by atoms with Crippen molar-refractivity contribution >= 4 is 35.1 Å². The zero-order valence-electron chi connectivity index (χ0n) is 13.7. The first-order chi connectivity index (χ1) is 12.1. The summed E-state index contributed by atoms with van der Waals surface area (Å²) in [5, 5.41) is 5.64. The van der Waals surface area contributed by atoms with Crippen molar-refractivity contribution in [3.63, 3.8) is 0 Å². The summed E-state index contributed by atoms with van der Waals surface area (Å²) in [6, 6.07) is 12.6. The van der Waals surface area contributed by atoms with Gasteiger partial charge in [0.1, 0.15) is 5.82 Å². The lowest BCUT2D eigenvalue weighted by molar-refractivity contribution is -0.117. The van der Waals surface area contributed by atoms with Crippen molar-refractivity contribution < 1.29 is 14.0 Å². The molecular weight excluding hydrogens is 341 g/mol. The van der Waals surface area contributed by atoms with E-state index in [4.69, 9.17) is 0 Å². The Morgan fingerprint density at radius 3 is 2.64 bits per heavy atom. The molecule has 0 unspecified atom stereocenters. The van der Waals surface area contributed by atoms with Crippen LogP contribution in [0.3, 0.4) is 0 Å². The number of hydrogen-bond acceptors (Lipinski definition) is 3. The fraction of sp³-hybridized carbons (Fsp3) is 0.222. The molecule has 0 bridgehead atoms. The number of thioether (sulfide) groups is 1. The number of carbonyl (C=O) groups is 2. The van der Waals surface area contributed by atoms with Crippen LogP contribution in [0.25, 0.3) is 0 Å². The number of para-hydroxylation sites is 1. The number of nitrogens with zero attached hydrogens (tertiary/aromatic N) is 1. The second-order valence-corrected chi connectivity index (χ2v) is 6.53. The summed E-state index contributed by atoms with van der Waals surface area (Å²) in [4.78, 5) is 26.9. The van der Waals surface area contributed by atoms with Gasteiger partial charge in [-0.15, -0.1) is 11.8 Å². The van der Waals surface area contributed by atoms with E-state index in [1.54, 1.807) is 28.8 Å². The van der Waals surface area contributed by atoms with Gasteiger partial charge in [-0.05, 0) is 42.7 Å². The minimum absolute atomic E-state index is 0.0959. The van der Waals surface area contributed by atoms with Gasteiger partial charge in [0.05, 0.1) is 11.7 Å². The van der Waals surface area contributed by atoms with E-state index in [1.165, 1.54) is 12.1 Å². The van der Waals surface area contributed by atoms with E-state index in [-0.39, 0.29) is 30.2 Å². The Balaban J connectivity index is 1.61. The summed E-state index contributed by atoms with van der Waals surface area (Å²) in [5.41, 5.74) is 1.36. The fourth-order valence-electron chi connectivity index (χ4n) is 2.77. The van der Waals surface area contributed by atoms with Crippen LogP contribution in [0.4, 0.5) is 20.6 Å². The first kappa shape index (κ1) is 17.3. The molecule has 1 aliphatic heterocycles. The monoisotopic (exact) mass is 359 g/mol. The average molecular weight is 359 g/mol. The van der Waals surface area contributed by atoms with Crippen LogP contribution >= 0.6 is 11.8 Å². The van der Waals surface area contributed by atoms with Crippen molar-refractivity contribution in [1.29, 1.82) is 0 Å². The SMILES string of the molecule is CSc1ccccc1NC(=O)N[C@H]1CC(=O)N(c2ccc(F)cc2)C1. The van der Waals surface area contributed by atoms with Crippen molar-refractivity contribution in [2.24, 2.45) is 0 Å². The molecule has 25 heavy (non-hydrogen) atoms. The molecule has 1 atom stereocenters. The standard InChI is InChI=1S/C18H18FN3O2S/c1-25-16-5-3-2-4-15(16)21-18(24)20-13-10-17(23)22(11-13)14-8-6-12(19)7-9-14/h2-9,13H,10-11H2,1H3,(H2,20,21,24)/t13-/m0/s1. The number of carbonyl (C=O) groups excluding carboxylic acids is 2. The maximum absolute atomic E-state index is 13.0. The van der Waals surface area contributed by atoms with Crippen LogP contribution in [0.1, 0.15) is 6.42 Å². The summed E-state index contributed by atoms with van der Waals surface area (Å²) in [5.74, 6) is -0.446. The first-order valence-electron chi connectivity index (χ1n) is 7.83. The lowest BCUT2D eigenvalue weighted by Crippen LogP contribution is -2.39. The smallest absolute Gasteiger partial charge is 0.319 e. The number of benzene rings is 2. The molecule has 1 heterocycles. The van der Waals surface area contributed by atoms with Gasteiger partial charge in [0.15, 0.2) is 0 Å². The molecule has 0 radical (unpaired) electrons. The minimum atomic E-state index is -0.350. The zero-order valence-corrected chi connectivity index (χ0v) is 14.5. The molecule has 1 fully saturated rings. The number of nitrogens with one attached hydrogen (secondary N) is 2. The molecule has 7 heteroatoms. The highest BCUT2D eigenvalue weighted by Gasteiger charge is 2.31. The summed E-state index contributed by atoms with van der Waals surface area (Å²) < 4.78 is 13.0. The Kier molecular flexibility index (Phi) is 5.23. The van der Waals surface area contributed by atoms with Crippen molar-refractivity contribution in [3.8, 4) is 0 Å². The van der Waals surface area contributed by atoms with Gasteiger partial charge in [-0.1, -0.05) is 12.1 Å². The number of urea groups is 1. The molecule has 0 aromatic heterocycles. The largest absolute Gasteiger partial charge is 0.333 e. The minimum Gasteiger partial charge on any atom is -0.333 e. The first-order valence-corrected chi connectivity index (χ1v) is 9.06. The molecule has 5 nitrogen and oxygen atoms in total. The van der Waals surface area contributed by atoms with E-state index < -0.39 is 0 Å². The Morgan fingerprint density at radius 1 is 1.20 bits per heavy atom. The number of halogens is 1. The van der Waals surface area contributed by atoms with Gasteiger partial charge in [-0.2, -0.15) is 0 Å². The highest BCUT2D eigenvalue weighted by atomic mass is 32.2. The van der Waals surface area contributed by atoms with Crippen LogP contribution in [-0.2, 0) is 4.79 Å². The van der Waals surface area contributed by atoms with E-state index in [9.17, 15) is 14.0 Å². The lowest BCUT2D eigenvalue weighted by atomic mass is 10.2. The molecule has 130 valence electrons. The van der Waals surface area contributed by atoms with Crippen LogP contribution in [0.15, 0.2) is 53.4 Å². The van der Waals surface area contributed by atoms with Gasteiger partial charge < -0.3 is 15.5 Å². The topological polar surface area (TPSA) is 61.4 Å². The number of rotatable bonds is 4. The molecule has 0 saturated carbocycles. The second kappa shape index (κ2) is 7.57. The lowest BCUT2D eigenvalue weighted by Gasteiger charge is -2.17. The second-order valence-electron chi connectivity index (χ2n) is 5.68. The Morgan fingerprint density at radius 2 is 1.92 bits per heavy atom. The molecular formula is C18H18FN3O2S. The average Bonchev–Trinajstić information content (AvgIpc) is 2.96. The molecule has 0 spiro atoms. The quantitative estimate of drug-likeness (QED) is 0.822. The van der Waals surface area contributed by atoms with E-state index in [0.717, 1.165) is 10.6 Å². The predicted octanol–water partition coefficient (Wildman–Crippen LogP) is 3.47. The highest BCUT2D eigenvalue weighted by Crippen LogP contribution is 2.25. The highest BCUT2D eigenvalue weighted by molar-refractivity contribution is 7.98. The Bertz CT molecular complexity index is 782. The Labute approximate surface area is 149 Å². The molecule has 2 N–H and O–H groups in total. The number of hydrogen-bond donors (Lipinski definition) is 2. The summed E-state index contributed by atoms with van der Waals surface area (Å²) >= 11 is 1.54. The molecule has 0 aliphatic carbocycles. The van der Waals surface area contributed by atoms with E-state index >= 15 is 0 Å². The maximum Gasteiger partial charge on any atom is 0.319 e. The summed E-state index contributed by atoms with van der Waals surface area (Å²) in [6.45, 7) is 0.363. The van der Waals surface area contributed by atoms with Gasteiger partial charge in [0, 0.05) is 23.5 Å². The van der Waals surface area contributed by atoms with Crippen LogP contribution in [0, 0.1) is 5.82 Å². The van der Waals surface area contributed by atoms with E-state index in [1.807, 2.05) is 30.5 Å². The van der Waals surface area contributed by atoms with E-state index in [2.05, 4.69) is 10.6 Å². The maximum atomic E-state index is 13.0. The predicted molar refractivity (Wildman–Crippen MR) is 97.5 cm³/mol. The van der Waals surface area contributed by atoms with Gasteiger partial charge in [0.2, 0.25) is 5.91 Å². The summed E-state index contributed by atoms with van der Waals surface area (Å²) in [6.07, 6.45) is 2.16.